The van der Waals surface area contributed by atoms with E-state index in [0.29, 0.717) is 0 Å². The third-order valence-electron chi connectivity index (χ3n) is 3.05. The lowest BCUT2D eigenvalue weighted by Gasteiger charge is -2.24. The van der Waals surface area contributed by atoms with Gasteiger partial charge in [0.25, 0.3) is 0 Å². The number of nitrogens with one attached hydrogen (secondary N) is 1. The molecule has 1 heterocycles. The van der Waals surface area contributed by atoms with Crippen molar-refractivity contribution in [2.75, 3.05) is 13.1 Å². The molecule has 3 heteroatoms. The molecular weight excluding hydrogens is 257 g/mol. The molecule has 1 fully saturated rings. The molecule has 0 aliphatic carbocycles. The summed E-state index contributed by atoms with van der Waals surface area (Å²) in [4.78, 5) is 1.51. The van der Waals surface area contributed by atoms with E-state index in [0.717, 1.165) is 16.6 Å². The summed E-state index contributed by atoms with van der Waals surface area (Å²) in [7, 11) is 0. The lowest BCUT2D eigenvalue weighted by molar-refractivity contribution is -0.918. The largest absolute Gasteiger partial charge is 0.331 e. The third-order valence-corrected chi connectivity index (χ3v) is 3.79. The zero-order valence-electron chi connectivity index (χ0n) is 8.73. The van der Waals surface area contributed by atoms with Crippen LogP contribution in [0.1, 0.15) is 24.8 Å². The number of likely N-dealkylation sites (tertiary alicyclic amines) is 1. The number of hydrogen-bond donors (Lipinski definition) is 1. The van der Waals surface area contributed by atoms with Gasteiger partial charge in [-0.15, -0.1) is 0 Å². The summed E-state index contributed by atoms with van der Waals surface area (Å²) >= 11 is 3.42. The van der Waals surface area contributed by atoms with Crippen LogP contribution in [0.3, 0.4) is 0 Å². The summed E-state index contributed by atoms with van der Waals surface area (Å²) in [6, 6.07) is 5.21. The quantitative estimate of drug-likeness (QED) is 0.842. The first-order valence-corrected chi connectivity index (χ1v) is 6.33. The lowest BCUT2D eigenvalue weighted by Crippen LogP contribution is -3.11. The lowest BCUT2D eigenvalue weighted by atomic mass is 10.1. The van der Waals surface area contributed by atoms with Crippen LogP contribution in [0.5, 0.6) is 0 Å². The highest BCUT2D eigenvalue weighted by molar-refractivity contribution is 9.10. The normalized spacial score (nSPS) is 18.0. The van der Waals surface area contributed by atoms with Crippen molar-refractivity contribution in [1.29, 1.82) is 0 Å². The van der Waals surface area contributed by atoms with E-state index < -0.39 is 0 Å². The van der Waals surface area contributed by atoms with Gasteiger partial charge in [0, 0.05) is 4.47 Å². The molecule has 1 aromatic rings. The Bertz CT molecular complexity index is 314. The van der Waals surface area contributed by atoms with Crippen molar-refractivity contribution in [3.63, 3.8) is 0 Å². The fraction of sp³-hybridized carbons (Fsp3) is 0.500. The molecule has 1 N–H and O–H groups in total. The average molecular weight is 273 g/mol. The molecule has 15 heavy (non-hydrogen) atoms. The topological polar surface area (TPSA) is 4.44 Å². The van der Waals surface area contributed by atoms with Crippen LogP contribution < -0.4 is 4.90 Å². The Balaban J connectivity index is 2.09. The first-order chi connectivity index (χ1) is 7.27. The highest BCUT2D eigenvalue weighted by atomic mass is 79.9. The molecule has 0 saturated carbocycles. The molecule has 1 aliphatic heterocycles. The van der Waals surface area contributed by atoms with Gasteiger partial charge in [0.2, 0.25) is 0 Å². The zero-order chi connectivity index (χ0) is 10.7. The summed E-state index contributed by atoms with van der Waals surface area (Å²) in [5.74, 6) is -0.0811. The molecule has 2 rings (SSSR count). The molecule has 1 aromatic carbocycles. The zero-order valence-corrected chi connectivity index (χ0v) is 10.3. The maximum atomic E-state index is 13.6. The fourth-order valence-electron chi connectivity index (χ4n) is 2.18. The van der Waals surface area contributed by atoms with Gasteiger partial charge >= 0.3 is 0 Å². The van der Waals surface area contributed by atoms with Crippen molar-refractivity contribution in [3.05, 3.63) is 34.1 Å². The van der Waals surface area contributed by atoms with Gasteiger partial charge in [-0.25, -0.2) is 4.39 Å². The number of hydrogen-bond acceptors (Lipinski definition) is 0. The predicted molar refractivity (Wildman–Crippen MR) is 62.4 cm³/mol. The van der Waals surface area contributed by atoms with Gasteiger partial charge in [0.15, 0.2) is 0 Å². The monoisotopic (exact) mass is 272 g/mol. The molecule has 1 saturated heterocycles. The summed E-state index contributed by atoms with van der Waals surface area (Å²) in [5.41, 5.74) is 0.828. The van der Waals surface area contributed by atoms with Crippen LogP contribution in [0.4, 0.5) is 4.39 Å². The van der Waals surface area contributed by atoms with E-state index in [-0.39, 0.29) is 5.82 Å². The van der Waals surface area contributed by atoms with E-state index in [1.165, 1.54) is 37.3 Å². The molecule has 0 atom stereocenters. The summed E-state index contributed by atoms with van der Waals surface area (Å²) in [6.45, 7) is 3.18. The second-order valence-corrected chi connectivity index (χ2v) is 5.04. The molecule has 1 nitrogen and oxygen atoms in total. The van der Waals surface area contributed by atoms with Gasteiger partial charge in [-0.1, -0.05) is 22.0 Å². The van der Waals surface area contributed by atoms with E-state index in [2.05, 4.69) is 15.9 Å². The summed E-state index contributed by atoms with van der Waals surface area (Å²) in [6.07, 6.45) is 3.89. The minimum absolute atomic E-state index is 0.0811. The van der Waals surface area contributed by atoms with Crippen molar-refractivity contribution >= 4 is 15.9 Å². The molecule has 0 unspecified atom stereocenters. The number of rotatable bonds is 2. The number of benzene rings is 1. The van der Waals surface area contributed by atoms with E-state index in [9.17, 15) is 4.39 Å². The Hall–Kier alpha value is -0.410. The van der Waals surface area contributed by atoms with Crippen LogP contribution in [-0.2, 0) is 6.54 Å². The van der Waals surface area contributed by atoms with E-state index in [4.69, 9.17) is 0 Å². The Morgan fingerprint density at radius 3 is 2.60 bits per heavy atom. The fourth-order valence-corrected chi connectivity index (χ4v) is 2.66. The number of piperidine rings is 1. The Morgan fingerprint density at radius 2 is 1.93 bits per heavy atom. The van der Waals surface area contributed by atoms with E-state index in [1.807, 2.05) is 6.07 Å². The third kappa shape index (κ3) is 2.79. The SMILES string of the molecule is Fc1cccc(Br)c1C[NH+]1CCCCC1. The first-order valence-electron chi connectivity index (χ1n) is 5.54. The minimum atomic E-state index is -0.0811. The van der Waals surface area contributed by atoms with Crippen LogP contribution in [0.25, 0.3) is 0 Å². The van der Waals surface area contributed by atoms with E-state index >= 15 is 0 Å². The van der Waals surface area contributed by atoms with Gasteiger partial charge in [0.05, 0.1) is 18.7 Å². The maximum absolute atomic E-state index is 13.6. The number of quaternary nitrogens is 1. The molecule has 0 amide bonds. The van der Waals surface area contributed by atoms with Crippen molar-refractivity contribution in [3.8, 4) is 0 Å². The predicted octanol–water partition coefficient (Wildman–Crippen LogP) is 2.16. The Morgan fingerprint density at radius 1 is 1.20 bits per heavy atom. The van der Waals surface area contributed by atoms with Gasteiger partial charge in [0.1, 0.15) is 12.4 Å². The van der Waals surface area contributed by atoms with Crippen molar-refractivity contribution < 1.29 is 9.29 Å². The smallest absolute Gasteiger partial charge is 0.133 e. The van der Waals surface area contributed by atoms with Gasteiger partial charge < -0.3 is 4.90 Å². The van der Waals surface area contributed by atoms with Crippen molar-refractivity contribution in [2.45, 2.75) is 25.8 Å². The van der Waals surface area contributed by atoms with Gasteiger partial charge in [-0.05, 0) is 31.4 Å². The molecule has 0 spiro atoms. The van der Waals surface area contributed by atoms with Crippen LogP contribution in [-0.4, -0.2) is 13.1 Å². The summed E-state index contributed by atoms with van der Waals surface area (Å²) in [5, 5.41) is 0. The maximum Gasteiger partial charge on any atom is 0.133 e. The standard InChI is InChI=1S/C12H15BrFN/c13-11-5-4-6-12(14)10(11)9-15-7-2-1-3-8-15/h4-6H,1-3,7-9H2/p+1. The van der Waals surface area contributed by atoms with Crippen LogP contribution >= 0.6 is 15.9 Å². The molecule has 0 aromatic heterocycles. The first kappa shape index (κ1) is 11.1. The van der Waals surface area contributed by atoms with Gasteiger partial charge in [-0.3, -0.25) is 0 Å². The van der Waals surface area contributed by atoms with E-state index in [1.54, 1.807) is 12.1 Å². The van der Waals surface area contributed by atoms with Crippen molar-refractivity contribution in [2.24, 2.45) is 0 Å². The van der Waals surface area contributed by atoms with Crippen molar-refractivity contribution in [1.82, 2.24) is 0 Å². The molecule has 0 radical (unpaired) electrons. The number of halogens is 2. The molecule has 0 bridgehead atoms. The van der Waals surface area contributed by atoms with Crippen LogP contribution in [0, 0.1) is 5.82 Å². The Labute approximate surface area is 98.4 Å². The van der Waals surface area contributed by atoms with Crippen LogP contribution in [0.2, 0.25) is 0 Å². The minimum Gasteiger partial charge on any atom is -0.331 e. The van der Waals surface area contributed by atoms with Crippen LogP contribution in [0.15, 0.2) is 22.7 Å². The Kier molecular flexibility index (Phi) is 3.76. The second-order valence-electron chi connectivity index (χ2n) is 4.19. The molecule has 1 aliphatic rings. The second kappa shape index (κ2) is 5.08. The molecule has 82 valence electrons. The average Bonchev–Trinajstić information content (AvgIpc) is 2.25. The molecular formula is C12H16BrFN+. The highest BCUT2D eigenvalue weighted by Gasteiger charge is 2.17. The highest BCUT2D eigenvalue weighted by Crippen LogP contribution is 2.18. The summed E-state index contributed by atoms with van der Waals surface area (Å²) < 4.78 is 14.5. The van der Waals surface area contributed by atoms with Gasteiger partial charge in [-0.2, -0.15) is 0 Å².